The maximum atomic E-state index is 9.19. The van der Waals surface area contributed by atoms with E-state index in [1.165, 1.54) is 6.07 Å². The van der Waals surface area contributed by atoms with Crippen LogP contribution >= 0.6 is 0 Å². The Morgan fingerprint density at radius 2 is 2.14 bits per heavy atom. The van der Waals surface area contributed by atoms with Crippen molar-refractivity contribution in [1.29, 1.82) is 5.26 Å². The second-order valence-corrected chi connectivity index (χ2v) is 2.85. The molecule has 3 nitrogen and oxygen atoms in total. The molecule has 0 saturated carbocycles. The van der Waals surface area contributed by atoms with Gasteiger partial charge < -0.3 is 9.52 Å². The summed E-state index contributed by atoms with van der Waals surface area (Å²) < 4.78 is 4.93. The van der Waals surface area contributed by atoms with Crippen molar-refractivity contribution in [2.75, 3.05) is 0 Å². The van der Waals surface area contributed by atoms with Gasteiger partial charge in [-0.3, -0.25) is 0 Å². The zero-order valence-corrected chi connectivity index (χ0v) is 7.27. The molecule has 14 heavy (non-hydrogen) atoms. The fourth-order valence-corrected chi connectivity index (χ4v) is 1.29. The van der Waals surface area contributed by atoms with Crippen LogP contribution in [0.5, 0.6) is 5.75 Å². The lowest BCUT2D eigenvalue weighted by molar-refractivity contribution is 0.475. The lowest BCUT2D eigenvalue weighted by atomic mass is 10.0. The Morgan fingerprint density at radius 3 is 2.79 bits per heavy atom. The summed E-state index contributed by atoms with van der Waals surface area (Å²) in [7, 11) is 0. The van der Waals surface area contributed by atoms with Gasteiger partial charge in [-0.25, -0.2) is 0 Å². The molecule has 1 N–H and O–H groups in total. The molecule has 0 bridgehead atoms. The summed E-state index contributed by atoms with van der Waals surface area (Å²) in [5.74, 6) is 0.0915. The van der Waals surface area contributed by atoms with Gasteiger partial charge in [-0.1, -0.05) is 0 Å². The number of furan rings is 1. The predicted molar refractivity (Wildman–Crippen MR) is 50.5 cm³/mol. The van der Waals surface area contributed by atoms with Gasteiger partial charge in [0, 0.05) is 11.1 Å². The maximum absolute atomic E-state index is 9.19. The third-order valence-electron chi connectivity index (χ3n) is 1.96. The molecule has 0 atom stereocenters. The van der Waals surface area contributed by atoms with Crippen molar-refractivity contribution >= 4 is 0 Å². The Bertz CT molecular complexity index is 480. The first-order chi connectivity index (χ1) is 6.81. The van der Waals surface area contributed by atoms with Crippen molar-refractivity contribution in [3.63, 3.8) is 0 Å². The Hall–Kier alpha value is -2.21. The Balaban J connectivity index is 2.60. The van der Waals surface area contributed by atoms with Gasteiger partial charge in [0.05, 0.1) is 24.2 Å². The standard InChI is InChI=1S/C11H7NO2/c12-6-9-5-10(13)1-2-11(9)8-3-4-14-7-8/h1-5,7,13H. The molecule has 0 fully saturated rings. The molecule has 3 heteroatoms. The Morgan fingerprint density at radius 1 is 1.29 bits per heavy atom. The first-order valence-corrected chi connectivity index (χ1v) is 4.07. The van der Waals surface area contributed by atoms with Crippen LogP contribution in [0.1, 0.15) is 5.56 Å². The number of phenols is 1. The van der Waals surface area contributed by atoms with Crippen LogP contribution < -0.4 is 0 Å². The number of phenolic OH excluding ortho intramolecular Hbond substituents is 1. The van der Waals surface area contributed by atoms with E-state index >= 15 is 0 Å². The van der Waals surface area contributed by atoms with E-state index in [-0.39, 0.29) is 5.75 Å². The number of nitriles is 1. The average Bonchev–Trinajstić information content (AvgIpc) is 2.70. The van der Waals surface area contributed by atoms with E-state index in [1.807, 2.05) is 6.07 Å². The van der Waals surface area contributed by atoms with Crippen molar-refractivity contribution in [2.24, 2.45) is 0 Å². The summed E-state index contributed by atoms with van der Waals surface area (Å²) in [5, 5.41) is 18.0. The Labute approximate surface area is 80.8 Å². The van der Waals surface area contributed by atoms with E-state index in [0.717, 1.165) is 11.1 Å². The molecule has 0 aliphatic rings. The predicted octanol–water partition coefficient (Wildman–Crippen LogP) is 2.52. The monoisotopic (exact) mass is 185 g/mol. The molecule has 1 aromatic carbocycles. The number of hydrogen-bond donors (Lipinski definition) is 1. The molecule has 0 saturated heterocycles. The zero-order valence-electron chi connectivity index (χ0n) is 7.27. The van der Waals surface area contributed by atoms with E-state index in [4.69, 9.17) is 9.68 Å². The van der Waals surface area contributed by atoms with Gasteiger partial charge in [0.15, 0.2) is 0 Å². The highest BCUT2D eigenvalue weighted by Crippen LogP contribution is 2.26. The van der Waals surface area contributed by atoms with Gasteiger partial charge in [-0.05, 0) is 24.3 Å². The number of benzene rings is 1. The number of nitrogens with zero attached hydrogens (tertiary/aromatic N) is 1. The molecule has 0 unspecified atom stereocenters. The highest BCUT2D eigenvalue weighted by molar-refractivity contribution is 5.70. The van der Waals surface area contributed by atoms with Crippen molar-refractivity contribution < 1.29 is 9.52 Å². The summed E-state index contributed by atoms with van der Waals surface area (Å²) in [6, 6.07) is 8.46. The van der Waals surface area contributed by atoms with Gasteiger partial charge >= 0.3 is 0 Å². The molecule has 68 valence electrons. The molecule has 0 aliphatic carbocycles. The van der Waals surface area contributed by atoms with E-state index in [2.05, 4.69) is 0 Å². The van der Waals surface area contributed by atoms with Crippen molar-refractivity contribution in [3.05, 3.63) is 42.4 Å². The molecule has 0 amide bonds. The second kappa shape index (κ2) is 3.27. The van der Waals surface area contributed by atoms with Gasteiger partial charge in [0.1, 0.15) is 5.75 Å². The van der Waals surface area contributed by atoms with Crippen LogP contribution in [0, 0.1) is 11.3 Å². The number of hydrogen-bond acceptors (Lipinski definition) is 3. The van der Waals surface area contributed by atoms with Crippen molar-refractivity contribution in [3.8, 4) is 22.9 Å². The van der Waals surface area contributed by atoms with E-state index < -0.39 is 0 Å². The van der Waals surface area contributed by atoms with Gasteiger partial charge in [-0.15, -0.1) is 0 Å². The fourth-order valence-electron chi connectivity index (χ4n) is 1.29. The minimum atomic E-state index is 0.0915. The molecule has 0 spiro atoms. The summed E-state index contributed by atoms with van der Waals surface area (Å²) >= 11 is 0. The lowest BCUT2D eigenvalue weighted by Crippen LogP contribution is -1.81. The Kier molecular flexibility index (Phi) is 1.96. The maximum Gasteiger partial charge on any atom is 0.116 e. The lowest BCUT2D eigenvalue weighted by Gasteiger charge is -2.00. The third-order valence-corrected chi connectivity index (χ3v) is 1.96. The van der Waals surface area contributed by atoms with Gasteiger partial charge in [0.25, 0.3) is 0 Å². The molecule has 0 aliphatic heterocycles. The van der Waals surface area contributed by atoms with E-state index in [1.54, 1.807) is 30.7 Å². The highest BCUT2D eigenvalue weighted by atomic mass is 16.3. The van der Waals surface area contributed by atoms with Crippen LogP contribution in [0.15, 0.2) is 41.2 Å². The smallest absolute Gasteiger partial charge is 0.116 e. The van der Waals surface area contributed by atoms with E-state index in [0.29, 0.717) is 5.56 Å². The summed E-state index contributed by atoms with van der Waals surface area (Å²) in [6.07, 6.45) is 3.11. The van der Waals surface area contributed by atoms with Crippen molar-refractivity contribution in [1.82, 2.24) is 0 Å². The minimum absolute atomic E-state index is 0.0915. The summed E-state index contributed by atoms with van der Waals surface area (Å²) in [6.45, 7) is 0. The third kappa shape index (κ3) is 1.34. The highest BCUT2D eigenvalue weighted by Gasteiger charge is 2.06. The molecule has 0 radical (unpaired) electrons. The molecular formula is C11H7NO2. The largest absolute Gasteiger partial charge is 0.508 e. The van der Waals surface area contributed by atoms with Crippen LogP contribution in [0.4, 0.5) is 0 Å². The summed E-state index contributed by atoms with van der Waals surface area (Å²) in [4.78, 5) is 0. The zero-order chi connectivity index (χ0) is 9.97. The molecule has 1 heterocycles. The molecule has 2 rings (SSSR count). The first kappa shape index (κ1) is 8.39. The van der Waals surface area contributed by atoms with E-state index in [9.17, 15) is 5.11 Å². The van der Waals surface area contributed by atoms with Crippen LogP contribution in [-0.4, -0.2) is 5.11 Å². The molecule has 2 aromatic rings. The van der Waals surface area contributed by atoms with Crippen LogP contribution in [-0.2, 0) is 0 Å². The van der Waals surface area contributed by atoms with Crippen LogP contribution in [0.3, 0.4) is 0 Å². The molecule has 1 aromatic heterocycles. The topological polar surface area (TPSA) is 57.2 Å². The van der Waals surface area contributed by atoms with Gasteiger partial charge in [0.2, 0.25) is 0 Å². The molecular weight excluding hydrogens is 178 g/mol. The minimum Gasteiger partial charge on any atom is -0.508 e. The summed E-state index contributed by atoms with van der Waals surface area (Å²) in [5.41, 5.74) is 2.03. The van der Waals surface area contributed by atoms with Crippen LogP contribution in [0.2, 0.25) is 0 Å². The average molecular weight is 185 g/mol. The normalized spacial score (nSPS) is 9.64. The van der Waals surface area contributed by atoms with Crippen molar-refractivity contribution in [2.45, 2.75) is 0 Å². The second-order valence-electron chi connectivity index (χ2n) is 2.85. The SMILES string of the molecule is N#Cc1cc(O)ccc1-c1ccoc1. The fraction of sp³-hybridized carbons (Fsp3) is 0. The first-order valence-electron chi connectivity index (χ1n) is 4.07. The number of aromatic hydroxyl groups is 1. The van der Waals surface area contributed by atoms with Gasteiger partial charge in [-0.2, -0.15) is 5.26 Å². The number of rotatable bonds is 1. The quantitative estimate of drug-likeness (QED) is 0.742. The van der Waals surface area contributed by atoms with Crippen LogP contribution in [0.25, 0.3) is 11.1 Å².